The lowest BCUT2D eigenvalue weighted by Crippen LogP contribution is -2.44. The molecule has 1 aliphatic heterocycles. The molecule has 1 N–H and O–H groups in total. The first-order valence-electron chi connectivity index (χ1n) is 8.06. The van der Waals surface area contributed by atoms with Crippen molar-refractivity contribution in [2.24, 2.45) is 0 Å². The monoisotopic (exact) mass is 359 g/mol. The Hall–Kier alpha value is -1.56. The van der Waals surface area contributed by atoms with Crippen molar-refractivity contribution in [1.29, 1.82) is 0 Å². The van der Waals surface area contributed by atoms with Crippen LogP contribution in [-0.2, 0) is 9.53 Å². The summed E-state index contributed by atoms with van der Waals surface area (Å²) in [6.07, 6.45) is 5.36. The highest BCUT2D eigenvalue weighted by Gasteiger charge is 2.34. The highest BCUT2D eigenvalue weighted by atomic mass is 32.2. The average Bonchev–Trinajstić information content (AvgIpc) is 3.14. The summed E-state index contributed by atoms with van der Waals surface area (Å²) in [6.45, 7) is 2.16. The molecular formula is C19H21NO2S2. The van der Waals surface area contributed by atoms with Crippen molar-refractivity contribution in [3.8, 4) is 0 Å². The van der Waals surface area contributed by atoms with Gasteiger partial charge in [0.15, 0.2) is 0 Å². The van der Waals surface area contributed by atoms with E-state index in [0.29, 0.717) is 6.54 Å². The third-order valence-corrected chi connectivity index (χ3v) is 6.23. The molecule has 24 heavy (non-hydrogen) atoms. The number of rotatable bonds is 6. The normalized spacial score (nSPS) is 17.0. The van der Waals surface area contributed by atoms with E-state index >= 15 is 0 Å². The minimum atomic E-state index is -0.0410. The van der Waals surface area contributed by atoms with Gasteiger partial charge in [-0.3, -0.25) is 4.79 Å². The fraction of sp³-hybridized carbons (Fsp3) is 0.316. The summed E-state index contributed by atoms with van der Waals surface area (Å²) < 4.78 is 5.53. The zero-order valence-electron chi connectivity index (χ0n) is 13.4. The molecule has 0 saturated carbocycles. The zero-order chi connectivity index (χ0) is 16.7. The van der Waals surface area contributed by atoms with Crippen LogP contribution in [0.2, 0.25) is 0 Å². The van der Waals surface area contributed by atoms with Crippen LogP contribution in [0.3, 0.4) is 0 Å². The van der Waals surface area contributed by atoms with Crippen LogP contribution in [-0.4, -0.2) is 30.4 Å². The van der Waals surface area contributed by atoms with Gasteiger partial charge in [-0.05, 0) is 53.4 Å². The Morgan fingerprint density at radius 1 is 1.25 bits per heavy atom. The van der Waals surface area contributed by atoms with E-state index in [4.69, 9.17) is 4.74 Å². The molecule has 0 bridgehead atoms. The van der Waals surface area contributed by atoms with E-state index in [0.717, 1.165) is 31.6 Å². The molecule has 1 aromatic carbocycles. The number of hydrogen-bond acceptors (Lipinski definition) is 4. The lowest BCUT2D eigenvalue weighted by atomic mass is 9.99. The molecule has 2 heterocycles. The Labute approximate surface area is 151 Å². The maximum Gasteiger partial charge on any atom is 0.244 e. The molecule has 1 aliphatic rings. The second kappa shape index (κ2) is 8.51. The molecule has 0 spiro atoms. The fourth-order valence-corrected chi connectivity index (χ4v) is 4.58. The summed E-state index contributed by atoms with van der Waals surface area (Å²) in [5.74, 6) is -0.0410. The summed E-state index contributed by atoms with van der Waals surface area (Å²) in [7, 11) is 0. The summed E-state index contributed by atoms with van der Waals surface area (Å²) in [4.78, 5) is 13.4. The van der Waals surface area contributed by atoms with Crippen molar-refractivity contribution in [2.75, 3.05) is 19.8 Å². The molecule has 0 atom stereocenters. The minimum Gasteiger partial charge on any atom is -0.381 e. The minimum absolute atomic E-state index is 0.00544. The van der Waals surface area contributed by atoms with Gasteiger partial charge >= 0.3 is 0 Å². The van der Waals surface area contributed by atoms with E-state index in [1.165, 1.54) is 4.90 Å². The largest absolute Gasteiger partial charge is 0.381 e. The first kappa shape index (κ1) is 17.3. The molecule has 2 aromatic rings. The van der Waals surface area contributed by atoms with Gasteiger partial charge in [-0.2, -0.15) is 11.3 Å². The third kappa shape index (κ3) is 4.97. The van der Waals surface area contributed by atoms with Crippen LogP contribution in [0, 0.1) is 0 Å². The topological polar surface area (TPSA) is 38.3 Å². The number of hydrogen-bond donors (Lipinski definition) is 1. The molecule has 1 aromatic heterocycles. The van der Waals surface area contributed by atoms with Gasteiger partial charge in [-0.15, -0.1) is 11.8 Å². The summed E-state index contributed by atoms with van der Waals surface area (Å²) in [5, 5.41) is 7.11. The number of ether oxygens (including phenoxy) is 1. The van der Waals surface area contributed by atoms with Crippen molar-refractivity contribution in [3.63, 3.8) is 0 Å². The number of carbonyl (C=O) groups is 1. The predicted octanol–water partition coefficient (Wildman–Crippen LogP) is 4.22. The molecule has 0 radical (unpaired) electrons. The highest BCUT2D eigenvalue weighted by Crippen LogP contribution is 2.40. The van der Waals surface area contributed by atoms with Gasteiger partial charge in [0, 0.05) is 35.5 Å². The van der Waals surface area contributed by atoms with Crippen LogP contribution in [0.1, 0.15) is 18.4 Å². The Bertz CT molecular complexity index is 662. The van der Waals surface area contributed by atoms with Gasteiger partial charge in [-0.25, -0.2) is 0 Å². The van der Waals surface area contributed by atoms with Crippen molar-refractivity contribution < 1.29 is 9.53 Å². The Morgan fingerprint density at radius 2 is 2.04 bits per heavy atom. The summed E-state index contributed by atoms with van der Waals surface area (Å²) >= 11 is 3.48. The Morgan fingerprint density at radius 3 is 2.75 bits per heavy atom. The van der Waals surface area contributed by atoms with Crippen LogP contribution in [0.15, 0.2) is 58.1 Å². The first-order chi connectivity index (χ1) is 11.8. The standard InChI is InChI=1S/C19H21NO2S2/c21-18(7-6-16-8-13-23-14-16)20-15-19(9-11-22-12-10-19)24-17-4-2-1-3-5-17/h1-8,13-14H,9-12,15H2,(H,20,21)/b7-6+. The van der Waals surface area contributed by atoms with Crippen LogP contribution >= 0.6 is 23.1 Å². The molecule has 3 nitrogen and oxygen atoms in total. The van der Waals surface area contributed by atoms with Crippen molar-refractivity contribution in [3.05, 3.63) is 58.8 Å². The van der Waals surface area contributed by atoms with Crippen molar-refractivity contribution >= 4 is 35.1 Å². The maximum atomic E-state index is 12.1. The second-order valence-electron chi connectivity index (χ2n) is 5.82. The summed E-state index contributed by atoms with van der Waals surface area (Å²) in [6, 6.07) is 12.4. The van der Waals surface area contributed by atoms with Gasteiger partial charge in [0.05, 0.1) is 0 Å². The zero-order valence-corrected chi connectivity index (χ0v) is 15.1. The number of thioether (sulfide) groups is 1. The van der Waals surface area contributed by atoms with Crippen LogP contribution in [0.25, 0.3) is 6.08 Å². The quantitative estimate of drug-likeness (QED) is 0.785. The van der Waals surface area contributed by atoms with E-state index in [2.05, 4.69) is 29.6 Å². The SMILES string of the molecule is O=C(/C=C/c1ccsc1)NCC1(Sc2ccccc2)CCOCC1. The molecule has 5 heteroatoms. The number of nitrogens with one attached hydrogen (secondary N) is 1. The molecule has 0 aliphatic carbocycles. The number of benzene rings is 1. The van der Waals surface area contributed by atoms with E-state index in [1.54, 1.807) is 17.4 Å². The lowest BCUT2D eigenvalue weighted by molar-refractivity contribution is -0.116. The summed E-state index contributed by atoms with van der Waals surface area (Å²) in [5.41, 5.74) is 1.06. The molecule has 1 saturated heterocycles. The van der Waals surface area contributed by atoms with E-state index in [-0.39, 0.29) is 10.7 Å². The molecule has 1 amide bonds. The van der Waals surface area contributed by atoms with Crippen molar-refractivity contribution in [2.45, 2.75) is 22.5 Å². The average molecular weight is 360 g/mol. The van der Waals surface area contributed by atoms with Gasteiger partial charge in [0.25, 0.3) is 0 Å². The van der Waals surface area contributed by atoms with Gasteiger partial charge in [0.2, 0.25) is 5.91 Å². The molecule has 1 fully saturated rings. The maximum absolute atomic E-state index is 12.1. The Kier molecular flexibility index (Phi) is 6.12. The first-order valence-corrected chi connectivity index (χ1v) is 9.82. The molecule has 126 valence electrons. The fourth-order valence-electron chi connectivity index (χ4n) is 2.65. The van der Waals surface area contributed by atoms with Crippen LogP contribution in [0.4, 0.5) is 0 Å². The third-order valence-electron chi connectivity index (χ3n) is 4.04. The number of carbonyl (C=O) groups excluding carboxylic acids is 1. The van der Waals surface area contributed by atoms with Crippen LogP contribution in [0.5, 0.6) is 0 Å². The number of amides is 1. The number of thiophene rings is 1. The smallest absolute Gasteiger partial charge is 0.244 e. The van der Waals surface area contributed by atoms with E-state index in [1.807, 2.05) is 40.7 Å². The molecule has 3 rings (SSSR count). The van der Waals surface area contributed by atoms with Gasteiger partial charge in [0.1, 0.15) is 0 Å². The predicted molar refractivity (Wildman–Crippen MR) is 101 cm³/mol. The van der Waals surface area contributed by atoms with E-state index < -0.39 is 0 Å². The van der Waals surface area contributed by atoms with E-state index in [9.17, 15) is 4.79 Å². The van der Waals surface area contributed by atoms with Gasteiger partial charge < -0.3 is 10.1 Å². The Balaban J connectivity index is 1.60. The molecule has 0 unspecified atom stereocenters. The van der Waals surface area contributed by atoms with Crippen LogP contribution < -0.4 is 5.32 Å². The lowest BCUT2D eigenvalue weighted by Gasteiger charge is -2.36. The second-order valence-corrected chi connectivity index (χ2v) is 8.14. The van der Waals surface area contributed by atoms with Crippen molar-refractivity contribution in [1.82, 2.24) is 5.32 Å². The van der Waals surface area contributed by atoms with Gasteiger partial charge in [-0.1, -0.05) is 18.2 Å². The highest BCUT2D eigenvalue weighted by molar-refractivity contribution is 8.00. The molecular weight excluding hydrogens is 338 g/mol.